The van der Waals surface area contributed by atoms with Crippen molar-refractivity contribution >= 4 is 27.8 Å². The minimum Gasteiger partial charge on any atom is -0.267 e. The molecule has 6 heteroatoms. The van der Waals surface area contributed by atoms with Gasteiger partial charge in [-0.1, -0.05) is 12.1 Å². The van der Waals surface area contributed by atoms with Crippen LogP contribution < -0.4 is 5.56 Å². The first-order valence-electron chi connectivity index (χ1n) is 7.54. The number of hydrogen-bond donors (Lipinski definition) is 0. The molecule has 1 aliphatic carbocycles. The molecule has 0 saturated heterocycles. The highest BCUT2D eigenvalue weighted by molar-refractivity contribution is 7.18. The SMILES string of the molecule is O=c1c2c3c(sc2ncn1/N=C\c1cccc(F)c1)CCCC3. The molecule has 0 spiro atoms. The third kappa shape index (κ3) is 2.59. The number of benzene rings is 1. The van der Waals surface area contributed by atoms with Gasteiger partial charge in [-0.15, -0.1) is 11.3 Å². The van der Waals surface area contributed by atoms with Crippen LogP contribution in [0.15, 0.2) is 40.5 Å². The number of aromatic nitrogens is 2. The number of hydrogen-bond acceptors (Lipinski definition) is 4. The van der Waals surface area contributed by atoms with Crippen LogP contribution in [0.2, 0.25) is 0 Å². The highest BCUT2D eigenvalue weighted by atomic mass is 32.1. The second-order valence-corrected chi connectivity index (χ2v) is 6.67. The molecule has 1 aromatic carbocycles. The van der Waals surface area contributed by atoms with Gasteiger partial charge in [-0.2, -0.15) is 9.78 Å². The van der Waals surface area contributed by atoms with Crippen molar-refractivity contribution in [3.8, 4) is 0 Å². The van der Waals surface area contributed by atoms with E-state index >= 15 is 0 Å². The number of aryl methyl sites for hydroxylation is 2. The van der Waals surface area contributed by atoms with E-state index in [9.17, 15) is 9.18 Å². The van der Waals surface area contributed by atoms with Crippen molar-refractivity contribution in [3.63, 3.8) is 0 Å². The molecule has 116 valence electrons. The van der Waals surface area contributed by atoms with Gasteiger partial charge in [-0.25, -0.2) is 9.37 Å². The molecular weight excluding hydrogens is 313 g/mol. The maximum absolute atomic E-state index is 13.2. The van der Waals surface area contributed by atoms with Gasteiger partial charge in [0.05, 0.1) is 11.6 Å². The van der Waals surface area contributed by atoms with Gasteiger partial charge < -0.3 is 0 Å². The predicted molar refractivity (Wildman–Crippen MR) is 89.9 cm³/mol. The summed E-state index contributed by atoms with van der Waals surface area (Å²) < 4.78 is 14.4. The summed E-state index contributed by atoms with van der Waals surface area (Å²) in [6.07, 6.45) is 7.15. The van der Waals surface area contributed by atoms with Crippen LogP contribution in [0.25, 0.3) is 10.2 Å². The normalized spacial score (nSPS) is 14.5. The molecule has 23 heavy (non-hydrogen) atoms. The summed E-state index contributed by atoms with van der Waals surface area (Å²) in [6, 6.07) is 6.08. The molecule has 4 nitrogen and oxygen atoms in total. The Hall–Kier alpha value is -2.34. The number of halogens is 1. The number of rotatable bonds is 2. The van der Waals surface area contributed by atoms with Crippen molar-refractivity contribution in [3.05, 3.63) is 62.8 Å². The zero-order valence-electron chi connectivity index (χ0n) is 12.3. The second kappa shape index (κ2) is 5.70. The van der Waals surface area contributed by atoms with Crippen molar-refractivity contribution in [1.29, 1.82) is 0 Å². The Morgan fingerprint density at radius 2 is 2.17 bits per heavy atom. The van der Waals surface area contributed by atoms with E-state index in [0.29, 0.717) is 10.9 Å². The molecule has 0 atom stereocenters. The van der Waals surface area contributed by atoms with Crippen molar-refractivity contribution in [2.45, 2.75) is 25.7 Å². The van der Waals surface area contributed by atoms with Gasteiger partial charge in [0.25, 0.3) is 5.56 Å². The van der Waals surface area contributed by atoms with Crippen LogP contribution in [-0.4, -0.2) is 15.9 Å². The molecule has 0 amide bonds. The number of thiophene rings is 1. The van der Waals surface area contributed by atoms with E-state index < -0.39 is 0 Å². The van der Waals surface area contributed by atoms with Gasteiger partial charge in [0, 0.05) is 4.88 Å². The van der Waals surface area contributed by atoms with Crippen LogP contribution >= 0.6 is 11.3 Å². The average molecular weight is 327 g/mol. The molecule has 0 unspecified atom stereocenters. The standard InChI is InChI=1S/C17H14FN3OS/c18-12-5-3-4-11(8-12)9-20-21-10-19-16-15(17(21)22)13-6-1-2-7-14(13)23-16/h3-5,8-10H,1-2,6-7H2/b20-9-. The Morgan fingerprint density at radius 3 is 3.04 bits per heavy atom. The highest BCUT2D eigenvalue weighted by Gasteiger charge is 2.19. The van der Waals surface area contributed by atoms with Crippen LogP contribution in [0.5, 0.6) is 0 Å². The summed E-state index contributed by atoms with van der Waals surface area (Å²) in [5, 5.41) is 4.85. The van der Waals surface area contributed by atoms with E-state index in [1.165, 1.54) is 40.6 Å². The van der Waals surface area contributed by atoms with Gasteiger partial charge in [0.15, 0.2) is 0 Å². The quantitative estimate of drug-likeness (QED) is 0.678. The first-order chi connectivity index (χ1) is 11.2. The summed E-state index contributed by atoms with van der Waals surface area (Å²) in [5.41, 5.74) is 1.59. The third-order valence-electron chi connectivity index (χ3n) is 4.04. The van der Waals surface area contributed by atoms with Crippen LogP contribution in [0, 0.1) is 5.82 Å². The molecule has 0 saturated carbocycles. The lowest BCUT2D eigenvalue weighted by Gasteiger charge is -2.09. The van der Waals surface area contributed by atoms with Crippen molar-refractivity contribution in [1.82, 2.24) is 9.66 Å². The van der Waals surface area contributed by atoms with E-state index in [1.54, 1.807) is 23.5 Å². The van der Waals surface area contributed by atoms with E-state index in [4.69, 9.17) is 0 Å². The summed E-state index contributed by atoms with van der Waals surface area (Å²) in [4.78, 5) is 19.1. The monoisotopic (exact) mass is 327 g/mol. The zero-order chi connectivity index (χ0) is 15.8. The molecule has 0 fully saturated rings. The minimum atomic E-state index is -0.332. The van der Waals surface area contributed by atoms with Gasteiger partial charge in [0.2, 0.25) is 0 Å². The Bertz CT molecular complexity index is 974. The molecule has 0 bridgehead atoms. The maximum atomic E-state index is 13.2. The maximum Gasteiger partial charge on any atom is 0.282 e. The molecule has 0 aliphatic heterocycles. The summed E-state index contributed by atoms with van der Waals surface area (Å²) in [5.74, 6) is -0.332. The molecule has 4 rings (SSSR count). The van der Waals surface area contributed by atoms with Gasteiger partial charge in [-0.05, 0) is 48.9 Å². The van der Waals surface area contributed by atoms with Crippen LogP contribution in [0.4, 0.5) is 4.39 Å². The Labute approximate surface area is 135 Å². The summed E-state index contributed by atoms with van der Waals surface area (Å²) in [7, 11) is 0. The molecule has 3 aromatic rings. The van der Waals surface area contributed by atoms with Gasteiger partial charge in [-0.3, -0.25) is 4.79 Å². The fraction of sp³-hybridized carbons (Fsp3) is 0.235. The molecule has 1 aliphatic rings. The third-order valence-corrected chi connectivity index (χ3v) is 5.24. The topological polar surface area (TPSA) is 47.2 Å². The van der Waals surface area contributed by atoms with E-state index in [2.05, 4.69) is 10.1 Å². The van der Waals surface area contributed by atoms with Crippen LogP contribution in [-0.2, 0) is 12.8 Å². The van der Waals surface area contributed by atoms with Crippen molar-refractivity contribution < 1.29 is 4.39 Å². The number of fused-ring (bicyclic) bond motifs is 3. The fourth-order valence-corrected chi connectivity index (χ4v) is 4.15. The molecule has 2 heterocycles. The smallest absolute Gasteiger partial charge is 0.267 e. The fourth-order valence-electron chi connectivity index (χ4n) is 2.94. The minimum absolute atomic E-state index is 0.151. The zero-order valence-corrected chi connectivity index (χ0v) is 13.1. The van der Waals surface area contributed by atoms with Crippen LogP contribution in [0.1, 0.15) is 28.8 Å². The van der Waals surface area contributed by atoms with E-state index in [0.717, 1.165) is 29.7 Å². The lowest BCUT2D eigenvalue weighted by Crippen LogP contribution is -2.18. The predicted octanol–water partition coefficient (Wildman–Crippen LogP) is 3.36. The largest absolute Gasteiger partial charge is 0.282 e. The molecule has 0 radical (unpaired) electrons. The first-order valence-corrected chi connectivity index (χ1v) is 8.36. The lowest BCUT2D eigenvalue weighted by atomic mass is 9.97. The Kier molecular flexibility index (Phi) is 3.53. The average Bonchev–Trinajstić information content (AvgIpc) is 2.93. The molecule has 2 aromatic heterocycles. The van der Waals surface area contributed by atoms with Gasteiger partial charge in [0.1, 0.15) is 17.0 Å². The van der Waals surface area contributed by atoms with Crippen molar-refractivity contribution in [2.24, 2.45) is 5.10 Å². The van der Waals surface area contributed by atoms with Crippen LogP contribution in [0.3, 0.4) is 0 Å². The second-order valence-electron chi connectivity index (χ2n) is 5.58. The van der Waals surface area contributed by atoms with E-state index in [1.807, 2.05) is 0 Å². The van der Waals surface area contributed by atoms with Gasteiger partial charge >= 0.3 is 0 Å². The summed E-state index contributed by atoms with van der Waals surface area (Å²) in [6.45, 7) is 0. The van der Waals surface area contributed by atoms with E-state index in [-0.39, 0.29) is 11.4 Å². The number of nitrogens with zero attached hydrogens (tertiary/aromatic N) is 3. The molecular formula is C17H14FN3OS. The summed E-state index contributed by atoms with van der Waals surface area (Å²) >= 11 is 1.61. The van der Waals surface area contributed by atoms with Crippen molar-refractivity contribution in [2.75, 3.05) is 0 Å². The Morgan fingerprint density at radius 1 is 1.30 bits per heavy atom. The lowest BCUT2D eigenvalue weighted by molar-refractivity contribution is 0.627. The Balaban J connectivity index is 1.79. The molecule has 0 N–H and O–H groups in total. The first kappa shape index (κ1) is 14.3. The highest BCUT2D eigenvalue weighted by Crippen LogP contribution is 2.33.